The Morgan fingerprint density at radius 3 is 2.50 bits per heavy atom. The van der Waals surface area contributed by atoms with Crippen LogP contribution in [0.1, 0.15) is 29.2 Å². The molecular weight excluding hydrogens is 460 g/mol. The molecule has 0 saturated carbocycles. The topological polar surface area (TPSA) is 87.3 Å². The highest BCUT2D eigenvalue weighted by atomic mass is 16.7. The lowest BCUT2D eigenvalue weighted by atomic mass is 9.95. The van der Waals surface area contributed by atoms with E-state index in [-0.39, 0.29) is 18.3 Å². The number of ether oxygens (including phenoxy) is 5. The van der Waals surface area contributed by atoms with Gasteiger partial charge < -0.3 is 34.3 Å². The molecule has 0 fully saturated rings. The first kappa shape index (κ1) is 23.8. The second kappa shape index (κ2) is 9.99. The number of hydrogen-bond donors (Lipinski definition) is 2. The third-order valence-corrected chi connectivity index (χ3v) is 6.81. The van der Waals surface area contributed by atoms with Crippen LogP contribution in [0.2, 0.25) is 0 Å². The molecule has 0 aromatic heterocycles. The van der Waals surface area contributed by atoms with E-state index in [0.717, 1.165) is 46.4 Å². The van der Waals surface area contributed by atoms with Gasteiger partial charge in [-0.2, -0.15) is 0 Å². The van der Waals surface area contributed by atoms with Crippen LogP contribution in [0.15, 0.2) is 47.3 Å². The summed E-state index contributed by atoms with van der Waals surface area (Å²) in [4.78, 5) is 13.4. The predicted octanol–water partition coefficient (Wildman–Crippen LogP) is 4.29. The maximum Gasteiger partial charge on any atom is 0.231 e. The van der Waals surface area contributed by atoms with Crippen molar-refractivity contribution in [2.45, 2.75) is 25.4 Å². The summed E-state index contributed by atoms with van der Waals surface area (Å²) in [6, 6.07) is 13.3. The van der Waals surface area contributed by atoms with Gasteiger partial charge in [0.15, 0.2) is 23.0 Å². The van der Waals surface area contributed by atoms with Crippen molar-refractivity contribution >= 4 is 5.69 Å². The number of rotatable bonds is 7. The molecule has 2 N–H and O–H groups in total. The molecule has 0 unspecified atom stereocenters. The van der Waals surface area contributed by atoms with Gasteiger partial charge in [0.25, 0.3) is 0 Å². The highest BCUT2D eigenvalue weighted by molar-refractivity contribution is 5.83. The van der Waals surface area contributed by atoms with E-state index in [1.165, 1.54) is 0 Å². The summed E-state index contributed by atoms with van der Waals surface area (Å²) in [7, 11) is 6.75. The van der Waals surface area contributed by atoms with Gasteiger partial charge in [-0.1, -0.05) is 12.1 Å². The van der Waals surface area contributed by atoms with Crippen molar-refractivity contribution in [3.8, 4) is 39.9 Å². The minimum atomic E-state index is -0.0832. The Labute approximate surface area is 210 Å². The van der Waals surface area contributed by atoms with E-state index in [1.54, 1.807) is 27.4 Å². The Bertz CT molecular complexity index is 1360. The van der Waals surface area contributed by atoms with Gasteiger partial charge in [-0.05, 0) is 72.5 Å². The number of methoxy groups -OCH3 is 3. The van der Waals surface area contributed by atoms with Crippen molar-refractivity contribution in [1.82, 2.24) is 5.32 Å². The summed E-state index contributed by atoms with van der Waals surface area (Å²) < 4.78 is 28.0. The molecular formula is C28H30N2O6. The lowest BCUT2D eigenvalue weighted by Gasteiger charge is -2.19. The molecule has 0 saturated heterocycles. The molecule has 5 rings (SSSR count). The summed E-state index contributed by atoms with van der Waals surface area (Å²) in [6.07, 6.45) is 1.61. The van der Waals surface area contributed by atoms with Gasteiger partial charge in [-0.3, -0.25) is 4.79 Å². The molecule has 1 atom stereocenters. The summed E-state index contributed by atoms with van der Waals surface area (Å²) in [5.74, 6) is 3.19. The fourth-order valence-electron chi connectivity index (χ4n) is 5.01. The maximum atomic E-state index is 13.4. The first-order valence-corrected chi connectivity index (χ1v) is 11.9. The molecule has 188 valence electrons. The van der Waals surface area contributed by atoms with Crippen LogP contribution >= 0.6 is 0 Å². The van der Waals surface area contributed by atoms with Crippen molar-refractivity contribution in [1.29, 1.82) is 0 Å². The Morgan fingerprint density at radius 1 is 0.944 bits per heavy atom. The third-order valence-electron chi connectivity index (χ3n) is 6.81. The number of benzene rings is 2. The average molecular weight is 491 g/mol. The normalized spacial score (nSPS) is 15.4. The van der Waals surface area contributed by atoms with E-state index in [1.807, 2.05) is 43.4 Å². The molecule has 8 nitrogen and oxygen atoms in total. The minimum Gasteiger partial charge on any atom is -0.493 e. The van der Waals surface area contributed by atoms with Gasteiger partial charge in [0.1, 0.15) is 0 Å². The number of anilines is 1. The predicted molar refractivity (Wildman–Crippen MR) is 138 cm³/mol. The Morgan fingerprint density at radius 2 is 1.75 bits per heavy atom. The first-order valence-electron chi connectivity index (χ1n) is 11.9. The van der Waals surface area contributed by atoms with Gasteiger partial charge in [-0.15, -0.1) is 0 Å². The quantitative estimate of drug-likeness (QED) is 0.507. The van der Waals surface area contributed by atoms with Crippen molar-refractivity contribution in [3.05, 3.63) is 69.4 Å². The Balaban J connectivity index is 1.59. The highest BCUT2D eigenvalue weighted by Crippen LogP contribution is 2.50. The van der Waals surface area contributed by atoms with Crippen molar-refractivity contribution in [2.24, 2.45) is 0 Å². The van der Waals surface area contributed by atoms with Gasteiger partial charge in [0.2, 0.25) is 18.0 Å². The SMILES string of the molecule is CN[C@@H]1CCc2cc(OC)c(OC)c(OC)c2-c2ccc(NCc3ccc4c(c3)OCO4)c(=O)cc21. The molecule has 1 heterocycles. The molecule has 0 amide bonds. The summed E-state index contributed by atoms with van der Waals surface area (Å²) in [5.41, 5.74) is 5.26. The molecule has 0 radical (unpaired) electrons. The van der Waals surface area contributed by atoms with Gasteiger partial charge in [0.05, 0.1) is 27.0 Å². The minimum absolute atomic E-state index is 0.00379. The van der Waals surface area contributed by atoms with Crippen LogP contribution in [-0.2, 0) is 13.0 Å². The van der Waals surface area contributed by atoms with Gasteiger partial charge >= 0.3 is 0 Å². The second-order valence-corrected chi connectivity index (χ2v) is 8.73. The maximum absolute atomic E-state index is 13.4. The first-order chi connectivity index (χ1) is 17.6. The zero-order valence-corrected chi connectivity index (χ0v) is 20.9. The summed E-state index contributed by atoms with van der Waals surface area (Å²) in [5, 5.41) is 6.68. The Hall–Kier alpha value is -3.91. The lowest BCUT2D eigenvalue weighted by molar-refractivity contribution is 0.174. The van der Waals surface area contributed by atoms with Crippen LogP contribution in [0.5, 0.6) is 28.7 Å². The molecule has 2 aliphatic rings. The van der Waals surface area contributed by atoms with Crippen molar-refractivity contribution < 1.29 is 23.7 Å². The van der Waals surface area contributed by atoms with E-state index in [2.05, 4.69) is 10.6 Å². The van der Waals surface area contributed by atoms with E-state index in [4.69, 9.17) is 23.7 Å². The zero-order chi connectivity index (χ0) is 25.2. The van der Waals surface area contributed by atoms with E-state index < -0.39 is 0 Å². The summed E-state index contributed by atoms with van der Waals surface area (Å²) in [6.45, 7) is 0.701. The molecule has 0 bridgehead atoms. The molecule has 0 spiro atoms. The molecule has 3 aromatic rings. The lowest BCUT2D eigenvalue weighted by Crippen LogP contribution is -2.18. The highest BCUT2D eigenvalue weighted by Gasteiger charge is 2.28. The number of fused-ring (bicyclic) bond motifs is 4. The van der Waals surface area contributed by atoms with Crippen molar-refractivity contribution in [2.75, 3.05) is 40.5 Å². The third kappa shape index (κ3) is 4.18. The van der Waals surface area contributed by atoms with Gasteiger partial charge in [-0.25, -0.2) is 0 Å². The molecule has 8 heteroatoms. The van der Waals surface area contributed by atoms with Crippen LogP contribution in [-0.4, -0.2) is 35.2 Å². The monoisotopic (exact) mass is 490 g/mol. The fraction of sp³-hybridized carbons (Fsp3) is 0.321. The van der Waals surface area contributed by atoms with Crippen LogP contribution in [0.25, 0.3) is 11.1 Å². The Kier molecular flexibility index (Phi) is 6.61. The molecule has 36 heavy (non-hydrogen) atoms. The molecule has 1 aliphatic carbocycles. The van der Waals surface area contributed by atoms with E-state index in [9.17, 15) is 4.79 Å². The van der Waals surface area contributed by atoms with Gasteiger partial charge in [0, 0.05) is 18.2 Å². The van der Waals surface area contributed by atoms with Crippen molar-refractivity contribution in [3.63, 3.8) is 0 Å². The fourth-order valence-corrected chi connectivity index (χ4v) is 5.01. The smallest absolute Gasteiger partial charge is 0.231 e. The van der Waals surface area contributed by atoms with E-state index >= 15 is 0 Å². The standard InChI is InChI=1S/C28H30N2O6/c1-29-20-8-6-17-12-25(32-2)27(33-3)28(34-4)26(17)18-7-9-21(22(31)13-19(18)20)30-14-16-5-10-23-24(11-16)36-15-35-23/h5,7,9-13,20,29H,6,8,14-15H2,1-4H3,(H,30,31)/t20-/m1/s1. The second-order valence-electron chi connectivity index (χ2n) is 8.73. The summed E-state index contributed by atoms with van der Waals surface area (Å²) >= 11 is 0. The van der Waals surface area contributed by atoms with Crippen LogP contribution in [0, 0.1) is 0 Å². The van der Waals surface area contributed by atoms with Crippen LogP contribution < -0.4 is 39.7 Å². The zero-order valence-electron chi connectivity index (χ0n) is 20.9. The largest absolute Gasteiger partial charge is 0.493 e. The van der Waals surface area contributed by atoms with Crippen LogP contribution in [0.4, 0.5) is 5.69 Å². The molecule has 3 aromatic carbocycles. The number of nitrogens with one attached hydrogen (secondary N) is 2. The molecule has 1 aliphatic heterocycles. The number of hydrogen-bond acceptors (Lipinski definition) is 8. The van der Waals surface area contributed by atoms with Crippen LogP contribution in [0.3, 0.4) is 0 Å². The van der Waals surface area contributed by atoms with E-state index in [0.29, 0.717) is 35.2 Å². The number of aryl methyl sites for hydroxylation is 1. The average Bonchev–Trinajstić information content (AvgIpc) is 3.24.